The molecule has 54 heavy (non-hydrogen) atoms. The van der Waals surface area contributed by atoms with Gasteiger partial charge in [-0.3, -0.25) is 19.5 Å². The van der Waals surface area contributed by atoms with Crippen molar-refractivity contribution in [2.75, 3.05) is 9.80 Å². The Bertz CT molecular complexity index is 2460. The van der Waals surface area contributed by atoms with E-state index >= 15 is 0 Å². The van der Waals surface area contributed by atoms with Gasteiger partial charge in [0.1, 0.15) is 12.0 Å². The summed E-state index contributed by atoms with van der Waals surface area (Å²) in [6, 6.07) is 13.8. The zero-order chi connectivity index (χ0) is 38.7. The standard InChI is InChI=1S/C22H22N4O.C20H19N5O2/c1-13-8-14(2)23-12-20(13)26-19-9-16(17-10-24-15(3)25-11-17)6-7-18(19)22(4,5)21(26)27;1-12-8-22-19(23-9-12)25-17-7-14(15-10-21-13(2)24(27)11-15)5-6-16(17)20(3,4)18(25)26/h6-12H,1-5H3;5-11H,1-4H3. The van der Waals surface area contributed by atoms with Crippen LogP contribution in [-0.2, 0) is 20.4 Å². The van der Waals surface area contributed by atoms with Crippen molar-refractivity contribution in [2.45, 2.75) is 73.1 Å². The van der Waals surface area contributed by atoms with E-state index in [1.807, 2.05) is 104 Å². The van der Waals surface area contributed by atoms with Crippen LogP contribution in [0.1, 0.15) is 67.3 Å². The van der Waals surface area contributed by atoms with Crippen molar-refractivity contribution >= 4 is 34.8 Å². The molecule has 0 aliphatic carbocycles. The maximum Gasteiger partial charge on any atom is 0.298 e. The molecule has 0 atom stereocenters. The fraction of sp³-hybridized carbons (Fsp3) is 0.262. The van der Waals surface area contributed by atoms with Crippen molar-refractivity contribution in [1.29, 1.82) is 0 Å². The van der Waals surface area contributed by atoms with Crippen LogP contribution < -0.4 is 14.5 Å². The number of hydrogen-bond acceptors (Lipinski definition) is 9. The summed E-state index contributed by atoms with van der Waals surface area (Å²) in [5.41, 5.74) is 9.38. The van der Waals surface area contributed by atoms with Gasteiger partial charge in [0, 0.05) is 43.0 Å². The van der Waals surface area contributed by atoms with Crippen LogP contribution in [0, 0.1) is 39.8 Å². The maximum absolute atomic E-state index is 13.3. The summed E-state index contributed by atoms with van der Waals surface area (Å²) in [7, 11) is 0. The van der Waals surface area contributed by atoms with Gasteiger partial charge in [0.15, 0.2) is 6.20 Å². The Morgan fingerprint density at radius 2 is 1.11 bits per heavy atom. The lowest BCUT2D eigenvalue weighted by Gasteiger charge is -2.22. The van der Waals surface area contributed by atoms with Crippen molar-refractivity contribution in [3.8, 4) is 22.3 Å². The number of aryl methyl sites for hydroxylation is 5. The number of carbonyl (C=O) groups is 2. The molecule has 272 valence electrons. The molecule has 2 aromatic carbocycles. The van der Waals surface area contributed by atoms with Crippen LogP contribution in [0.3, 0.4) is 0 Å². The van der Waals surface area contributed by atoms with E-state index in [-0.39, 0.29) is 11.8 Å². The third-order valence-electron chi connectivity index (χ3n) is 10.1. The summed E-state index contributed by atoms with van der Waals surface area (Å²) >= 11 is 0. The molecular weight excluding hydrogens is 679 g/mol. The van der Waals surface area contributed by atoms with Crippen molar-refractivity contribution in [3.05, 3.63) is 131 Å². The van der Waals surface area contributed by atoms with E-state index in [4.69, 9.17) is 0 Å². The molecule has 0 unspecified atom stereocenters. The highest BCUT2D eigenvalue weighted by molar-refractivity contribution is 6.13. The average Bonchev–Trinajstić information content (AvgIpc) is 3.46. The van der Waals surface area contributed by atoms with Gasteiger partial charge in [-0.2, -0.15) is 0 Å². The predicted octanol–water partition coefficient (Wildman–Crippen LogP) is 7.16. The first-order valence-corrected chi connectivity index (χ1v) is 17.6. The van der Waals surface area contributed by atoms with E-state index in [0.717, 1.165) is 72.3 Å². The van der Waals surface area contributed by atoms with E-state index in [2.05, 4.69) is 36.0 Å². The Labute approximate surface area is 314 Å². The zero-order valence-electron chi connectivity index (χ0n) is 31.8. The first kappa shape index (κ1) is 36.0. The summed E-state index contributed by atoms with van der Waals surface area (Å²) in [6.45, 7) is 17.1. The third kappa shape index (κ3) is 6.13. The molecule has 6 heterocycles. The Morgan fingerprint density at radius 3 is 1.69 bits per heavy atom. The molecule has 0 N–H and O–H groups in total. The molecule has 6 aromatic rings. The van der Waals surface area contributed by atoms with Gasteiger partial charge in [0.2, 0.25) is 17.8 Å². The van der Waals surface area contributed by atoms with E-state index < -0.39 is 10.8 Å². The summed E-state index contributed by atoms with van der Waals surface area (Å²) in [5, 5.41) is 11.9. The van der Waals surface area contributed by atoms with Crippen molar-refractivity contribution < 1.29 is 14.3 Å². The normalized spacial score (nSPS) is 15.1. The highest BCUT2D eigenvalue weighted by Crippen LogP contribution is 2.48. The number of pyridine rings is 1. The fourth-order valence-electron chi connectivity index (χ4n) is 6.88. The highest BCUT2D eigenvalue weighted by Gasteiger charge is 2.46. The molecule has 2 aliphatic heterocycles. The van der Waals surface area contributed by atoms with Crippen LogP contribution in [-0.4, -0.2) is 41.7 Å². The van der Waals surface area contributed by atoms with Crippen molar-refractivity contribution in [3.63, 3.8) is 0 Å². The van der Waals surface area contributed by atoms with Gasteiger partial charge < -0.3 is 5.21 Å². The highest BCUT2D eigenvalue weighted by atomic mass is 16.5. The quantitative estimate of drug-likeness (QED) is 0.137. The Balaban J connectivity index is 0.000000167. The smallest absolute Gasteiger partial charge is 0.298 e. The Kier molecular flexibility index (Phi) is 8.79. The number of hydrogen-bond donors (Lipinski definition) is 0. The molecule has 4 aromatic heterocycles. The summed E-state index contributed by atoms with van der Waals surface area (Å²) in [4.78, 5) is 55.5. The number of benzene rings is 2. The largest absolute Gasteiger partial charge is 0.711 e. The molecule has 8 rings (SSSR count). The minimum Gasteiger partial charge on any atom is -0.711 e. The molecule has 0 fully saturated rings. The minimum absolute atomic E-state index is 0.0589. The van der Waals surface area contributed by atoms with E-state index in [1.54, 1.807) is 41.5 Å². The second kappa shape index (κ2) is 13.2. The molecular formula is C42H41N9O3. The second-order valence-corrected chi connectivity index (χ2v) is 14.9. The monoisotopic (exact) mass is 719 g/mol. The van der Waals surface area contributed by atoms with Gasteiger partial charge in [-0.1, -0.05) is 29.2 Å². The first-order valence-electron chi connectivity index (χ1n) is 17.6. The predicted molar refractivity (Wildman–Crippen MR) is 206 cm³/mol. The molecule has 12 heteroatoms. The molecule has 0 bridgehead atoms. The number of fused-ring (bicyclic) bond motifs is 2. The van der Waals surface area contributed by atoms with Gasteiger partial charge in [-0.05, 0) is 107 Å². The summed E-state index contributed by atoms with van der Waals surface area (Å²) in [6.07, 6.45) is 11.9. The number of nitrogens with zero attached hydrogens (tertiary/aromatic N) is 9. The van der Waals surface area contributed by atoms with Gasteiger partial charge in [-0.25, -0.2) is 29.6 Å². The number of anilines is 4. The SMILES string of the molecule is Cc1cc(C)c(N2C(=O)C(C)(C)c3ccc(-c4cnc(C)nc4)cc32)cn1.Cc1cnc(N2C(=O)C(C)(C)c3ccc(-c4cnc(C)[n+]([O-])c4)cc32)nc1. The number of amides is 2. The van der Waals surface area contributed by atoms with Crippen LogP contribution in [0.25, 0.3) is 22.3 Å². The van der Waals surface area contributed by atoms with Crippen LogP contribution in [0.2, 0.25) is 0 Å². The minimum atomic E-state index is -0.688. The van der Waals surface area contributed by atoms with E-state index in [1.165, 1.54) is 6.20 Å². The van der Waals surface area contributed by atoms with Crippen molar-refractivity contribution in [2.24, 2.45) is 0 Å². The lowest BCUT2D eigenvalue weighted by Crippen LogP contribution is -2.34. The molecule has 0 radical (unpaired) electrons. The molecule has 0 saturated heterocycles. The summed E-state index contributed by atoms with van der Waals surface area (Å²) in [5.74, 6) is 1.43. The maximum atomic E-state index is 13.3. The topological polar surface area (TPSA) is 145 Å². The number of carbonyl (C=O) groups excluding carboxylic acids is 2. The van der Waals surface area contributed by atoms with Gasteiger partial charge >= 0.3 is 0 Å². The molecule has 2 aliphatic rings. The van der Waals surface area contributed by atoms with Gasteiger partial charge in [0.25, 0.3) is 5.82 Å². The first-order chi connectivity index (χ1) is 25.6. The molecule has 0 saturated carbocycles. The van der Waals surface area contributed by atoms with Crippen LogP contribution >= 0.6 is 0 Å². The zero-order valence-corrected chi connectivity index (χ0v) is 31.8. The summed E-state index contributed by atoms with van der Waals surface area (Å²) < 4.78 is 0.735. The van der Waals surface area contributed by atoms with Crippen LogP contribution in [0.4, 0.5) is 23.0 Å². The van der Waals surface area contributed by atoms with Crippen LogP contribution in [0.5, 0.6) is 0 Å². The number of aromatic nitrogens is 7. The van der Waals surface area contributed by atoms with Crippen molar-refractivity contribution in [1.82, 2.24) is 29.9 Å². The average molecular weight is 720 g/mol. The third-order valence-corrected chi connectivity index (χ3v) is 10.1. The fourth-order valence-corrected chi connectivity index (χ4v) is 6.88. The van der Waals surface area contributed by atoms with E-state index in [0.29, 0.717) is 17.3 Å². The van der Waals surface area contributed by atoms with Crippen LogP contribution in [0.15, 0.2) is 85.8 Å². The Morgan fingerprint density at radius 1 is 0.574 bits per heavy atom. The second-order valence-electron chi connectivity index (χ2n) is 14.9. The number of rotatable bonds is 4. The lowest BCUT2D eigenvalue weighted by atomic mass is 9.85. The van der Waals surface area contributed by atoms with Gasteiger partial charge in [-0.15, -0.1) is 0 Å². The molecule has 0 spiro atoms. The van der Waals surface area contributed by atoms with Gasteiger partial charge in [0.05, 0.1) is 39.7 Å². The lowest BCUT2D eigenvalue weighted by molar-refractivity contribution is -0.615. The van der Waals surface area contributed by atoms with E-state index in [9.17, 15) is 14.8 Å². The Hall–Kier alpha value is -6.43. The molecule has 2 amide bonds. The molecule has 12 nitrogen and oxygen atoms in total.